The number of carbonyl (C=O) groups is 3. The van der Waals surface area contributed by atoms with Crippen molar-refractivity contribution in [3.8, 4) is 0 Å². The zero-order valence-corrected chi connectivity index (χ0v) is 18.1. The summed E-state index contributed by atoms with van der Waals surface area (Å²) in [4.78, 5) is 39.6. The number of rotatable bonds is 3. The normalized spacial score (nSPS) is 22.0. The Hall–Kier alpha value is -2.57. The third-order valence-electron chi connectivity index (χ3n) is 6.42. The van der Waals surface area contributed by atoms with Crippen LogP contribution in [-0.2, 0) is 14.3 Å². The number of imide groups is 1. The van der Waals surface area contributed by atoms with Crippen LogP contribution in [-0.4, -0.2) is 43.1 Å². The number of hydrogen-bond donors (Lipinski definition) is 1. The molecule has 1 N–H and O–H groups in total. The molecule has 7 heteroatoms. The molecule has 0 unspecified atom stereocenters. The zero-order chi connectivity index (χ0) is 21.5. The molecule has 1 aromatic carbocycles. The van der Waals surface area contributed by atoms with Crippen molar-refractivity contribution in [3.05, 3.63) is 24.3 Å². The number of esters is 1. The molecule has 2 saturated heterocycles. The van der Waals surface area contributed by atoms with Crippen LogP contribution >= 0.6 is 0 Å². The fourth-order valence-electron chi connectivity index (χ4n) is 4.77. The molecule has 30 heavy (non-hydrogen) atoms. The lowest BCUT2D eigenvalue weighted by atomic mass is 9.65. The molecule has 0 bridgehead atoms. The Morgan fingerprint density at radius 3 is 2.23 bits per heavy atom. The number of benzene rings is 1. The van der Waals surface area contributed by atoms with E-state index in [9.17, 15) is 14.4 Å². The van der Waals surface area contributed by atoms with E-state index < -0.39 is 5.60 Å². The smallest absolute Gasteiger partial charge is 0.328 e. The third kappa shape index (κ3) is 4.30. The van der Waals surface area contributed by atoms with Gasteiger partial charge in [0.25, 0.3) is 0 Å². The van der Waals surface area contributed by atoms with Crippen molar-refractivity contribution in [2.45, 2.75) is 58.5 Å². The number of ether oxygens (including phenoxy) is 1. The quantitative estimate of drug-likeness (QED) is 0.768. The highest BCUT2D eigenvalue weighted by Crippen LogP contribution is 2.47. The maximum Gasteiger partial charge on any atom is 0.328 e. The molecule has 1 spiro atoms. The Kier molecular flexibility index (Phi) is 5.24. The monoisotopic (exact) mass is 413 g/mol. The highest BCUT2D eigenvalue weighted by Gasteiger charge is 2.46. The first-order valence-electron chi connectivity index (χ1n) is 10.8. The first-order chi connectivity index (χ1) is 14.1. The first kappa shape index (κ1) is 20.7. The molecule has 3 amide bonds. The predicted molar refractivity (Wildman–Crippen MR) is 114 cm³/mol. The molecule has 2 heterocycles. The fourth-order valence-corrected chi connectivity index (χ4v) is 4.77. The van der Waals surface area contributed by atoms with E-state index in [-0.39, 0.29) is 23.8 Å². The predicted octanol–water partition coefficient (Wildman–Crippen LogP) is 3.47. The summed E-state index contributed by atoms with van der Waals surface area (Å²) < 4.78 is 5.56. The first-order valence-corrected chi connectivity index (χ1v) is 10.8. The fraction of sp³-hybridized carbons (Fsp3) is 0.609. The van der Waals surface area contributed by atoms with E-state index in [2.05, 4.69) is 10.2 Å². The highest BCUT2D eigenvalue weighted by atomic mass is 16.6. The zero-order valence-electron chi connectivity index (χ0n) is 18.1. The van der Waals surface area contributed by atoms with Gasteiger partial charge in [0, 0.05) is 42.8 Å². The van der Waals surface area contributed by atoms with Crippen molar-refractivity contribution in [1.29, 1.82) is 0 Å². The summed E-state index contributed by atoms with van der Waals surface area (Å²) in [6.45, 7) is 8.18. The van der Waals surface area contributed by atoms with E-state index >= 15 is 0 Å². The second-order valence-electron chi connectivity index (χ2n) is 9.94. The van der Waals surface area contributed by atoms with Crippen LogP contribution in [0.5, 0.6) is 0 Å². The number of anilines is 2. The molecular weight excluding hydrogens is 382 g/mol. The van der Waals surface area contributed by atoms with Crippen LogP contribution in [0.3, 0.4) is 0 Å². The Balaban J connectivity index is 1.29. The summed E-state index contributed by atoms with van der Waals surface area (Å²) in [6, 6.07) is 7.60. The SMILES string of the molecule is CC(C)(C)OC(=O)C1CCC2(CC1)CN(c1ccc(N3CCC(=O)NC3=O)cc1)C2. The summed E-state index contributed by atoms with van der Waals surface area (Å²) in [7, 11) is 0. The number of urea groups is 1. The van der Waals surface area contributed by atoms with Crippen molar-refractivity contribution < 1.29 is 19.1 Å². The van der Waals surface area contributed by atoms with Crippen LogP contribution in [0.4, 0.5) is 16.2 Å². The third-order valence-corrected chi connectivity index (χ3v) is 6.42. The average molecular weight is 414 g/mol. The van der Waals surface area contributed by atoms with Gasteiger partial charge >= 0.3 is 12.0 Å². The van der Waals surface area contributed by atoms with Crippen LogP contribution in [0.1, 0.15) is 52.9 Å². The van der Waals surface area contributed by atoms with E-state index in [0.29, 0.717) is 18.4 Å². The summed E-state index contributed by atoms with van der Waals surface area (Å²) in [5.41, 5.74) is 1.84. The van der Waals surface area contributed by atoms with Crippen molar-refractivity contribution in [1.82, 2.24) is 5.32 Å². The minimum absolute atomic E-state index is 0.0331. The van der Waals surface area contributed by atoms with Gasteiger partial charge in [0.05, 0.1) is 5.92 Å². The summed E-state index contributed by atoms with van der Waals surface area (Å²) >= 11 is 0. The standard InChI is InChI=1S/C23H31N3O4/c1-22(2,3)30-20(28)16-8-11-23(12-9-16)14-25(15-23)17-4-6-18(7-5-17)26-13-10-19(27)24-21(26)29/h4-7,16H,8-15H2,1-3H3,(H,24,27,29). The van der Waals surface area contributed by atoms with Gasteiger partial charge in [0.2, 0.25) is 5.91 Å². The van der Waals surface area contributed by atoms with E-state index in [1.807, 2.05) is 45.0 Å². The average Bonchev–Trinajstić information content (AvgIpc) is 2.65. The maximum absolute atomic E-state index is 12.3. The van der Waals surface area contributed by atoms with Gasteiger partial charge in [-0.1, -0.05) is 0 Å². The molecule has 4 rings (SSSR count). The van der Waals surface area contributed by atoms with E-state index in [4.69, 9.17) is 4.74 Å². The molecular formula is C23H31N3O4. The topological polar surface area (TPSA) is 79.0 Å². The molecule has 7 nitrogen and oxygen atoms in total. The molecule has 0 aromatic heterocycles. The Bertz CT molecular complexity index is 827. The Morgan fingerprint density at radius 2 is 1.67 bits per heavy atom. The van der Waals surface area contributed by atoms with Gasteiger partial charge in [0.15, 0.2) is 0 Å². The van der Waals surface area contributed by atoms with Crippen LogP contribution in [0.2, 0.25) is 0 Å². The number of amides is 3. The number of nitrogens with zero attached hydrogens (tertiary/aromatic N) is 2. The lowest BCUT2D eigenvalue weighted by molar-refractivity contribution is -0.162. The molecule has 3 aliphatic rings. The van der Waals surface area contributed by atoms with Crippen LogP contribution in [0.25, 0.3) is 0 Å². The van der Waals surface area contributed by atoms with Crippen LogP contribution in [0.15, 0.2) is 24.3 Å². The van der Waals surface area contributed by atoms with Gasteiger partial charge < -0.3 is 9.64 Å². The molecule has 162 valence electrons. The van der Waals surface area contributed by atoms with Gasteiger partial charge in [-0.2, -0.15) is 0 Å². The van der Waals surface area contributed by atoms with Crippen LogP contribution < -0.4 is 15.1 Å². The minimum atomic E-state index is -0.421. The van der Waals surface area contributed by atoms with E-state index in [1.165, 1.54) is 0 Å². The van der Waals surface area contributed by atoms with Gasteiger partial charge in [-0.3, -0.25) is 19.8 Å². The molecule has 2 aliphatic heterocycles. The second-order valence-corrected chi connectivity index (χ2v) is 9.94. The summed E-state index contributed by atoms with van der Waals surface area (Å²) in [6.07, 6.45) is 4.27. The lowest BCUT2D eigenvalue weighted by Gasteiger charge is -2.54. The molecule has 3 fully saturated rings. The largest absolute Gasteiger partial charge is 0.460 e. The minimum Gasteiger partial charge on any atom is -0.460 e. The van der Waals surface area contributed by atoms with Crippen molar-refractivity contribution in [3.63, 3.8) is 0 Å². The second kappa shape index (κ2) is 7.60. The molecule has 0 radical (unpaired) electrons. The summed E-state index contributed by atoms with van der Waals surface area (Å²) in [5, 5.41) is 2.35. The lowest BCUT2D eigenvalue weighted by Crippen LogP contribution is -2.58. The van der Waals surface area contributed by atoms with Crippen LogP contribution in [0, 0.1) is 11.3 Å². The summed E-state index contributed by atoms with van der Waals surface area (Å²) in [5.74, 6) is -0.238. The molecule has 1 aliphatic carbocycles. The van der Waals surface area contributed by atoms with Crippen molar-refractivity contribution in [2.24, 2.45) is 11.3 Å². The van der Waals surface area contributed by atoms with Gasteiger partial charge in [-0.05, 0) is 70.7 Å². The van der Waals surface area contributed by atoms with Gasteiger partial charge in [0.1, 0.15) is 5.60 Å². The number of nitrogens with one attached hydrogen (secondary N) is 1. The number of hydrogen-bond acceptors (Lipinski definition) is 5. The van der Waals surface area contributed by atoms with Crippen molar-refractivity contribution in [2.75, 3.05) is 29.4 Å². The van der Waals surface area contributed by atoms with E-state index in [0.717, 1.165) is 50.1 Å². The number of carbonyl (C=O) groups excluding carboxylic acids is 3. The van der Waals surface area contributed by atoms with Gasteiger partial charge in [-0.25, -0.2) is 4.79 Å². The molecule has 1 saturated carbocycles. The van der Waals surface area contributed by atoms with E-state index in [1.54, 1.807) is 4.90 Å². The highest BCUT2D eigenvalue weighted by molar-refractivity contribution is 6.05. The maximum atomic E-state index is 12.3. The molecule has 0 atom stereocenters. The molecule has 1 aromatic rings. The Morgan fingerprint density at radius 1 is 1.07 bits per heavy atom. The van der Waals surface area contributed by atoms with Crippen molar-refractivity contribution >= 4 is 29.3 Å². The Labute approximate surface area is 177 Å². The van der Waals surface area contributed by atoms with Gasteiger partial charge in [-0.15, -0.1) is 0 Å².